The van der Waals surface area contributed by atoms with Gasteiger partial charge in [0.15, 0.2) is 0 Å². The van der Waals surface area contributed by atoms with Crippen LogP contribution in [0.4, 0.5) is 0 Å². The monoisotopic (exact) mass is 263 g/mol. The molecule has 0 aromatic rings. The maximum absolute atomic E-state index is 11.7. The lowest BCUT2D eigenvalue weighted by atomic mass is 9.85. The normalized spacial score (nSPS) is 25.5. The molecule has 100 valence electrons. The van der Waals surface area contributed by atoms with E-state index >= 15 is 0 Å². The Morgan fingerprint density at radius 3 is 2.65 bits per heavy atom. The molecule has 0 aromatic heterocycles. The highest BCUT2D eigenvalue weighted by Crippen LogP contribution is 2.22. The molecule has 7 heteroatoms. The number of hydrogen-bond donors (Lipinski definition) is 3. The Bertz CT molecular complexity index is 356. The van der Waals surface area contributed by atoms with Gasteiger partial charge in [-0.2, -0.15) is 0 Å². The van der Waals surface area contributed by atoms with Gasteiger partial charge >= 0.3 is 0 Å². The Balaban J connectivity index is 2.20. The smallest absolute Gasteiger partial charge is 0.223 e. The van der Waals surface area contributed by atoms with Crippen molar-refractivity contribution < 1.29 is 13.2 Å². The SMILES string of the molecule is CS(=O)(=O)NCCNC(=O)C1CCCC(N)C1. The Labute approximate surface area is 102 Å². The summed E-state index contributed by atoms with van der Waals surface area (Å²) >= 11 is 0. The summed E-state index contributed by atoms with van der Waals surface area (Å²) in [6.07, 6.45) is 4.67. The molecule has 1 rings (SSSR count). The van der Waals surface area contributed by atoms with Gasteiger partial charge in [0, 0.05) is 25.0 Å². The Morgan fingerprint density at radius 1 is 1.35 bits per heavy atom. The zero-order valence-corrected chi connectivity index (χ0v) is 10.9. The van der Waals surface area contributed by atoms with Gasteiger partial charge in [0.25, 0.3) is 0 Å². The summed E-state index contributed by atoms with van der Waals surface area (Å²) in [7, 11) is -3.18. The minimum absolute atomic E-state index is 0.0167. The van der Waals surface area contributed by atoms with Crippen molar-refractivity contribution >= 4 is 15.9 Å². The van der Waals surface area contributed by atoms with Gasteiger partial charge in [0.05, 0.1) is 6.26 Å². The number of nitrogens with one attached hydrogen (secondary N) is 2. The summed E-state index contributed by atoms with van der Waals surface area (Å²) in [6, 6.07) is 0.119. The fraction of sp³-hybridized carbons (Fsp3) is 0.900. The van der Waals surface area contributed by atoms with Crippen LogP contribution in [0.2, 0.25) is 0 Å². The standard InChI is InChI=1S/C10H21N3O3S/c1-17(15,16)13-6-5-12-10(14)8-3-2-4-9(11)7-8/h8-9,13H,2-7,11H2,1H3,(H,12,14). The second-order valence-electron chi connectivity index (χ2n) is 4.58. The summed E-state index contributed by atoms with van der Waals surface area (Å²) < 4.78 is 23.9. The van der Waals surface area contributed by atoms with E-state index in [1.165, 1.54) is 0 Å². The first kappa shape index (κ1) is 14.4. The molecule has 6 nitrogen and oxygen atoms in total. The van der Waals surface area contributed by atoms with E-state index < -0.39 is 10.0 Å². The van der Waals surface area contributed by atoms with Crippen molar-refractivity contribution in [1.29, 1.82) is 0 Å². The average molecular weight is 263 g/mol. The number of amides is 1. The second kappa shape index (κ2) is 6.32. The van der Waals surface area contributed by atoms with Crippen molar-refractivity contribution in [2.45, 2.75) is 31.7 Å². The molecular formula is C10H21N3O3S. The summed E-state index contributed by atoms with van der Waals surface area (Å²) in [4.78, 5) is 11.7. The molecule has 1 aliphatic carbocycles. The number of carbonyl (C=O) groups is 1. The van der Waals surface area contributed by atoms with Crippen LogP contribution in [0, 0.1) is 5.92 Å². The van der Waals surface area contributed by atoms with Crippen molar-refractivity contribution in [2.24, 2.45) is 11.7 Å². The number of carbonyl (C=O) groups excluding carboxylic acids is 1. The molecule has 2 atom stereocenters. The van der Waals surface area contributed by atoms with Gasteiger partial charge in [-0.05, 0) is 19.3 Å². The molecular weight excluding hydrogens is 242 g/mol. The van der Waals surface area contributed by atoms with Crippen LogP contribution in [-0.4, -0.2) is 39.7 Å². The van der Waals surface area contributed by atoms with Gasteiger partial charge < -0.3 is 11.1 Å². The molecule has 1 fully saturated rings. The fourth-order valence-electron chi connectivity index (χ4n) is 2.03. The summed E-state index contributed by atoms with van der Waals surface area (Å²) in [5.41, 5.74) is 5.80. The third-order valence-corrected chi connectivity index (χ3v) is 3.60. The molecule has 1 amide bonds. The summed E-state index contributed by atoms with van der Waals surface area (Å²) in [5, 5.41) is 2.72. The zero-order valence-electron chi connectivity index (χ0n) is 10.1. The van der Waals surface area contributed by atoms with Crippen molar-refractivity contribution in [3.05, 3.63) is 0 Å². The predicted octanol–water partition coefficient (Wildman–Crippen LogP) is -0.831. The lowest BCUT2D eigenvalue weighted by Gasteiger charge is -2.25. The minimum atomic E-state index is -3.18. The van der Waals surface area contributed by atoms with E-state index in [1.807, 2.05) is 0 Å². The number of rotatable bonds is 5. The molecule has 0 bridgehead atoms. The molecule has 4 N–H and O–H groups in total. The predicted molar refractivity (Wildman–Crippen MR) is 65.8 cm³/mol. The van der Waals surface area contributed by atoms with Crippen LogP contribution in [0.5, 0.6) is 0 Å². The van der Waals surface area contributed by atoms with E-state index in [9.17, 15) is 13.2 Å². The first-order valence-corrected chi connectivity index (χ1v) is 7.75. The zero-order chi connectivity index (χ0) is 12.9. The quantitative estimate of drug-likeness (QED) is 0.563. The van der Waals surface area contributed by atoms with Crippen LogP contribution in [0.1, 0.15) is 25.7 Å². The fourth-order valence-corrected chi connectivity index (χ4v) is 2.51. The highest BCUT2D eigenvalue weighted by Gasteiger charge is 2.24. The molecule has 1 aliphatic rings. The van der Waals surface area contributed by atoms with Crippen molar-refractivity contribution in [3.63, 3.8) is 0 Å². The van der Waals surface area contributed by atoms with Crippen LogP contribution >= 0.6 is 0 Å². The Kier molecular flexibility index (Phi) is 5.35. The second-order valence-corrected chi connectivity index (χ2v) is 6.41. The summed E-state index contributed by atoms with van der Waals surface area (Å²) in [5.74, 6) is -0.0348. The van der Waals surface area contributed by atoms with E-state index in [-0.39, 0.29) is 24.4 Å². The van der Waals surface area contributed by atoms with E-state index in [0.717, 1.165) is 31.9 Å². The van der Waals surface area contributed by atoms with Crippen molar-refractivity contribution in [2.75, 3.05) is 19.3 Å². The van der Waals surface area contributed by atoms with Gasteiger partial charge in [-0.3, -0.25) is 4.79 Å². The molecule has 2 unspecified atom stereocenters. The lowest BCUT2D eigenvalue weighted by Crippen LogP contribution is -2.40. The molecule has 1 saturated carbocycles. The third kappa shape index (κ3) is 5.99. The minimum Gasteiger partial charge on any atom is -0.355 e. The average Bonchev–Trinajstić information content (AvgIpc) is 2.23. The van der Waals surface area contributed by atoms with Crippen LogP contribution in [0.3, 0.4) is 0 Å². The molecule has 0 heterocycles. The lowest BCUT2D eigenvalue weighted by molar-refractivity contribution is -0.126. The number of sulfonamides is 1. The van der Waals surface area contributed by atoms with Gasteiger partial charge in [-0.1, -0.05) is 6.42 Å². The topological polar surface area (TPSA) is 101 Å². The van der Waals surface area contributed by atoms with Gasteiger partial charge in [-0.25, -0.2) is 13.1 Å². The van der Waals surface area contributed by atoms with Gasteiger partial charge in [0.1, 0.15) is 0 Å². The van der Waals surface area contributed by atoms with Gasteiger partial charge in [0.2, 0.25) is 15.9 Å². The molecule has 0 radical (unpaired) electrons. The number of nitrogens with two attached hydrogens (primary N) is 1. The summed E-state index contributed by atoms with van der Waals surface area (Å²) in [6.45, 7) is 0.543. The maximum Gasteiger partial charge on any atom is 0.223 e. The van der Waals surface area contributed by atoms with Gasteiger partial charge in [-0.15, -0.1) is 0 Å². The third-order valence-electron chi connectivity index (χ3n) is 2.87. The highest BCUT2D eigenvalue weighted by molar-refractivity contribution is 7.88. The molecule has 0 spiro atoms. The maximum atomic E-state index is 11.7. The largest absolute Gasteiger partial charge is 0.355 e. The molecule has 0 saturated heterocycles. The molecule has 17 heavy (non-hydrogen) atoms. The highest BCUT2D eigenvalue weighted by atomic mass is 32.2. The Morgan fingerprint density at radius 2 is 2.06 bits per heavy atom. The first-order valence-electron chi connectivity index (χ1n) is 5.86. The van der Waals surface area contributed by atoms with Crippen LogP contribution < -0.4 is 15.8 Å². The van der Waals surface area contributed by atoms with Crippen molar-refractivity contribution in [3.8, 4) is 0 Å². The van der Waals surface area contributed by atoms with E-state index in [0.29, 0.717) is 6.54 Å². The van der Waals surface area contributed by atoms with E-state index in [1.54, 1.807) is 0 Å². The molecule has 0 aromatic carbocycles. The molecule has 0 aliphatic heterocycles. The van der Waals surface area contributed by atoms with Crippen LogP contribution in [0.15, 0.2) is 0 Å². The van der Waals surface area contributed by atoms with Crippen LogP contribution in [0.25, 0.3) is 0 Å². The first-order chi connectivity index (χ1) is 7.88. The van der Waals surface area contributed by atoms with E-state index in [4.69, 9.17) is 5.73 Å². The Hall–Kier alpha value is -0.660. The van der Waals surface area contributed by atoms with Crippen molar-refractivity contribution in [1.82, 2.24) is 10.0 Å². The number of hydrogen-bond acceptors (Lipinski definition) is 4. The van der Waals surface area contributed by atoms with Crippen LogP contribution in [-0.2, 0) is 14.8 Å². The van der Waals surface area contributed by atoms with E-state index in [2.05, 4.69) is 10.0 Å².